The second-order valence-corrected chi connectivity index (χ2v) is 7.04. The molecule has 0 atom stereocenters. The number of aromatic nitrogens is 2. The molecule has 2 heterocycles. The maximum atomic E-state index is 12.6. The molecule has 0 radical (unpaired) electrons. The quantitative estimate of drug-likeness (QED) is 0.542. The van der Waals surface area contributed by atoms with E-state index in [1.807, 2.05) is 17.5 Å². The summed E-state index contributed by atoms with van der Waals surface area (Å²) in [5.41, 5.74) is 1.94. The van der Waals surface area contributed by atoms with Gasteiger partial charge in [0.15, 0.2) is 0 Å². The van der Waals surface area contributed by atoms with Crippen molar-refractivity contribution in [3.05, 3.63) is 80.7 Å². The molecule has 0 aliphatic carbocycles. The lowest BCUT2D eigenvalue weighted by Crippen LogP contribution is -2.13. The zero-order valence-corrected chi connectivity index (χ0v) is 15.5. The zero-order valence-electron chi connectivity index (χ0n) is 13.9. The first-order valence-electron chi connectivity index (χ1n) is 8.04. The number of para-hydroxylation sites is 1. The van der Waals surface area contributed by atoms with Gasteiger partial charge in [-0.3, -0.25) is 4.79 Å². The summed E-state index contributed by atoms with van der Waals surface area (Å²) in [5, 5.41) is 12.2. The van der Waals surface area contributed by atoms with E-state index < -0.39 is 0 Å². The van der Waals surface area contributed by atoms with Crippen LogP contribution in [0.25, 0.3) is 21.3 Å². The molecule has 0 saturated carbocycles. The monoisotopic (exact) mass is 393 g/mol. The Balaban J connectivity index is 1.66. The van der Waals surface area contributed by atoms with Crippen LogP contribution in [0.1, 0.15) is 11.4 Å². The highest BCUT2D eigenvalue weighted by molar-refractivity contribution is 7.17. The first-order valence-corrected chi connectivity index (χ1v) is 9.30. The normalized spacial score (nSPS) is 10.7. The van der Waals surface area contributed by atoms with Crippen LogP contribution in [0.5, 0.6) is 5.75 Å². The summed E-state index contributed by atoms with van der Waals surface area (Å²) in [6.07, 6.45) is 0. The topological polar surface area (TPSA) is 78.8 Å². The molecule has 7 heteroatoms. The highest BCUT2D eigenvalue weighted by Gasteiger charge is 2.13. The van der Waals surface area contributed by atoms with Crippen molar-refractivity contribution in [1.82, 2.24) is 9.97 Å². The van der Waals surface area contributed by atoms with E-state index in [0.29, 0.717) is 32.4 Å². The number of fused-ring (bicyclic) bond motifs is 1. The van der Waals surface area contributed by atoms with Crippen LogP contribution in [-0.2, 0) is 6.61 Å². The average molecular weight is 394 g/mol. The summed E-state index contributed by atoms with van der Waals surface area (Å²) in [5.74, 6) is 0.862. The molecule has 1 N–H and O–H groups in total. The molecule has 0 fully saturated rings. The predicted molar refractivity (Wildman–Crippen MR) is 106 cm³/mol. The van der Waals surface area contributed by atoms with Crippen molar-refractivity contribution in [2.75, 3.05) is 0 Å². The number of nitrogens with zero attached hydrogens (tertiary/aromatic N) is 2. The van der Waals surface area contributed by atoms with Crippen molar-refractivity contribution in [1.29, 1.82) is 5.26 Å². The van der Waals surface area contributed by atoms with Crippen molar-refractivity contribution < 1.29 is 4.74 Å². The minimum absolute atomic E-state index is 0.0675. The average Bonchev–Trinajstić information content (AvgIpc) is 3.12. The molecule has 2 aromatic carbocycles. The van der Waals surface area contributed by atoms with Crippen molar-refractivity contribution in [3.63, 3.8) is 0 Å². The number of thiophene rings is 1. The summed E-state index contributed by atoms with van der Waals surface area (Å²) in [4.78, 5) is 20.5. The third-order valence-corrected chi connectivity index (χ3v) is 5.14. The van der Waals surface area contributed by atoms with Gasteiger partial charge in [-0.15, -0.1) is 11.3 Å². The Morgan fingerprint density at radius 3 is 2.74 bits per heavy atom. The van der Waals surface area contributed by atoms with Gasteiger partial charge in [0.2, 0.25) is 0 Å². The smallest absolute Gasteiger partial charge is 0.260 e. The van der Waals surface area contributed by atoms with Gasteiger partial charge in [-0.2, -0.15) is 5.26 Å². The SMILES string of the molecule is N#Cc1ccccc1OCc1nc2scc(-c3ccc(Cl)cc3)c2c(=O)[nH]1. The van der Waals surface area contributed by atoms with Crippen molar-refractivity contribution in [2.24, 2.45) is 0 Å². The third-order valence-electron chi connectivity index (χ3n) is 4.02. The number of halogens is 1. The fourth-order valence-corrected chi connectivity index (χ4v) is 3.83. The van der Waals surface area contributed by atoms with Gasteiger partial charge in [-0.1, -0.05) is 35.9 Å². The molecule has 2 aromatic heterocycles. The molecule has 27 heavy (non-hydrogen) atoms. The molecule has 0 spiro atoms. The van der Waals surface area contributed by atoms with E-state index in [1.165, 1.54) is 11.3 Å². The van der Waals surface area contributed by atoms with E-state index in [2.05, 4.69) is 16.0 Å². The number of rotatable bonds is 4. The van der Waals surface area contributed by atoms with Gasteiger partial charge in [0.05, 0.1) is 10.9 Å². The number of nitrogens with one attached hydrogen (secondary N) is 1. The second kappa shape index (κ2) is 7.23. The molecule has 0 amide bonds. The van der Waals surface area contributed by atoms with Crippen LogP contribution in [0.3, 0.4) is 0 Å². The summed E-state index contributed by atoms with van der Waals surface area (Å²) >= 11 is 7.34. The van der Waals surface area contributed by atoms with Crippen molar-refractivity contribution in [2.45, 2.75) is 6.61 Å². The number of hydrogen-bond donors (Lipinski definition) is 1. The summed E-state index contributed by atoms with van der Waals surface area (Å²) in [6.45, 7) is 0.0675. The van der Waals surface area contributed by atoms with Crippen LogP contribution < -0.4 is 10.3 Å². The van der Waals surface area contributed by atoms with E-state index >= 15 is 0 Å². The molecule has 0 saturated heterocycles. The standard InChI is InChI=1S/C20H12ClN3O2S/c21-14-7-5-12(6-8-14)15-11-27-20-18(15)19(25)23-17(24-20)10-26-16-4-2-1-3-13(16)9-22/h1-8,11H,10H2,(H,23,24,25). The Morgan fingerprint density at radius 1 is 1.19 bits per heavy atom. The Hall–Kier alpha value is -3.14. The summed E-state index contributed by atoms with van der Waals surface area (Å²) in [6, 6.07) is 16.3. The van der Waals surface area contributed by atoms with Crippen LogP contribution in [0.2, 0.25) is 5.02 Å². The van der Waals surface area contributed by atoms with Gasteiger partial charge in [0, 0.05) is 16.0 Å². The van der Waals surface area contributed by atoms with E-state index in [1.54, 1.807) is 36.4 Å². The third kappa shape index (κ3) is 3.43. The lowest BCUT2D eigenvalue weighted by molar-refractivity contribution is 0.295. The number of hydrogen-bond acceptors (Lipinski definition) is 5. The largest absolute Gasteiger partial charge is 0.484 e. The first-order chi connectivity index (χ1) is 13.2. The minimum Gasteiger partial charge on any atom is -0.484 e. The molecule has 0 bridgehead atoms. The molecule has 4 aromatic rings. The lowest BCUT2D eigenvalue weighted by Gasteiger charge is -2.07. The number of benzene rings is 2. The van der Waals surface area contributed by atoms with Gasteiger partial charge in [-0.05, 0) is 29.8 Å². The Kier molecular flexibility index (Phi) is 4.63. The summed E-state index contributed by atoms with van der Waals surface area (Å²) in [7, 11) is 0. The van der Waals surface area contributed by atoms with Gasteiger partial charge in [0.25, 0.3) is 5.56 Å². The number of ether oxygens (including phenoxy) is 1. The molecule has 0 unspecified atom stereocenters. The van der Waals surface area contributed by atoms with Crippen LogP contribution in [0.15, 0.2) is 58.7 Å². The van der Waals surface area contributed by atoms with Gasteiger partial charge < -0.3 is 9.72 Å². The number of nitriles is 1. The molecule has 4 rings (SSSR count). The van der Waals surface area contributed by atoms with Gasteiger partial charge in [0.1, 0.15) is 29.1 Å². The van der Waals surface area contributed by atoms with Crippen LogP contribution in [0.4, 0.5) is 0 Å². The Labute approximate surface area is 163 Å². The van der Waals surface area contributed by atoms with Gasteiger partial charge >= 0.3 is 0 Å². The fraction of sp³-hybridized carbons (Fsp3) is 0.0500. The maximum Gasteiger partial charge on any atom is 0.260 e. The highest BCUT2D eigenvalue weighted by Crippen LogP contribution is 2.31. The molecular weight excluding hydrogens is 382 g/mol. The lowest BCUT2D eigenvalue weighted by atomic mass is 10.1. The van der Waals surface area contributed by atoms with Crippen molar-refractivity contribution >= 4 is 33.2 Å². The van der Waals surface area contributed by atoms with Crippen molar-refractivity contribution in [3.8, 4) is 22.9 Å². The van der Waals surface area contributed by atoms with E-state index in [9.17, 15) is 4.79 Å². The number of aromatic amines is 1. The van der Waals surface area contributed by atoms with Crippen LogP contribution in [0, 0.1) is 11.3 Å². The molecule has 132 valence electrons. The molecule has 0 aliphatic heterocycles. The van der Waals surface area contributed by atoms with Gasteiger partial charge in [-0.25, -0.2) is 4.98 Å². The van der Waals surface area contributed by atoms with E-state index in [4.69, 9.17) is 21.6 Å². The van der Waals surface area contributed by atoms with E-state index in [0.717, 1.165) is 11.1 Å². The van der Waals surface area contributed by atoms with Crippen LogP contribution >= 0.6 is 22.9 Å². The summed E-state index contributed by atoms with van der Waals surface area (Å²) < 4.78 is 5.66. The molecule has 5 nitrogen and oxygen atoms in total. The Morgan fingerprint density at radius 2 is 1.96 bits per heavy atom. The first kappa shape index (κ1) is 17.3. The van der Waals surface area contributed by atoms with Crippen LogP contribution in [-0.4, -0.2) is 9.97 Å². The molecular formula is C20H12ClN3O2S. The fourth-order valence-electron chi connectivity index (χ4n) is 2.73. The maximum absolute atomic E-state index is 12.6. The highest BCUT2D eigenvalue weighted by atomic mass is 35.5. The predicted octanol–water partition coefficient (Wildman–Crippen LogP) is 4.76. The Bertz CT molecular complexity index is 1220. The second-order valence-electron chi connectivity index (χ2n) is 5.75. The molecule has 0 aliphatic rings. The zero-order chi connectivity index (χ0) is 18.8. The van der Waals surface area contributed by atoms with E-state index in [-0.39, 0.29) is 12.2 Å². The number of H-pyrrole nitrogens is 1. The minimum atomic E-state index is -0.224.